The van der Waals surface area contributed by atoms with Crippen molar-refractivity contribution in [3.8, 4) is 11.5 Å². The van der Waals surface area contributed by atoms with Gasteiger partial charge in [-0.3, -0.25) is 4.79 Å². The lowest BCUT2D eigenvalue weighted by atomic mass is 10.1. The molecular weight excluding hydrogens is 334 g/mol. The van der Waals surface area contributed by atoms with Crippen LogP contribution in [0, 0.1) is 0 Å². The van der Waals surface area contributed by atoms with E-state index in [2.05, 4.69) is 5.32 Å². The fraction of sp³-hybridized carbons (Fsp3) is 0.300. The summed E-state index contributed by atoms with van der Waals surface area (Å²) in [6.45, 7) is 2.13. The summed E-state index contributed by atoms with van der Waals surface area (Å²) < 4.78 is 15.8. The normalized spacial score (nSPS) is 13.3. The van der Waals surface area contributed by atoms with Gasteiger partial charge in [-0.15, -0.1) is 0 Å². The van der Waals surface area contributed by atoms with E-state index in [9.17, 15) is 9.59 Å². The van der Waals surface area contributed by atoms with Crippen LogP contribution in [0.3, 0.4) is 0 Å². The lowest BCUT2D eigenvalue weighted by Gasteiger charge is -2.17. The van der Waals surface area contributed by atoms with E-state index < -0.39 is 5.97 Å². The van der Waals surface area contributed by atoms with Crippen LogP contribution in [0.25, 0.3) is 0 Å². The average Bonchev–Trinajstić information content (AvgIpc) is 3.13. The van der Waals surface area contributed by atoms with Crippen LogP contribution < -0.4 is 14.8 Å². The molecule has 0 bridgehead atoms. The Labute approximate surface area is 152 Å². The highest BCUT2D eigenvalue weighted by Gasteiger charge is 2.18. The largest absolute Gasteiger partial charge is 0.496 e. The minimum absolute atomic E-state index is 0.269. The molecule has 0 spiro atoms. The van der Waals surface area contributed by atoms with E-state index in [0.29, 0.717) is 17.9 Å². The molecule has 1 atom stereocenters. The maximum absolute atomic E-state index is 12.1. The number of para-hydroxylation sites is 1. The fourth-order valence-electron chi connectivity index (χ4n) is 2.91. The Hall–Kier alpha value is -3.02. The number of methoxy groups -OCH3 is 1. The van der Waals surface area contributed by atoms with Crippen molar-refractivity contribution in [1.82, 2.24) is 5.32 Å². The molecule has 3 rings (SSSR count). The molecule has 1 heterocycles. The van der Waals surface area contributed by atoms with Crippen LogP contribution in [-0.2, 0) is 16.0 Å². The Kier molecular flexibility index (Phi) is 5.41. The third kappa shape index (κ3) is 3.96. The van der Waals surface area contributed by atoms with Crippen molar-refractivity contribution in [2.75, 3.05) is 20.3 Å². The molecule has 2 aromatic carbocycles. The topological polar surface area (TPSA) is 73.9 Å². The summed E-state index contributed by atoms with van der Waals surface area (Å²) in [5.41, 5.74) is 2.25. The van der Waals surface area contributed by atoms with Crippen molar-refractivity contribution >= 4 is 11.9 Å². The standard InChI is InChI=1S/C20H21NO5/c1-13(16-5-3-4-6-18(16)24-2)21-19(22)12-26-20(23)15-7-8-17-14(11-15)9-10-25-17/h3-8,11,13H,9-10,12H2,1-2H3,(H,21,22). The SMILES string of the molecule is COc1ccccc1C(C)NC(=O)COC(=O)c1ccc2c(c1)CCO2. The van der Waals surface area contributed by atoms with E-state index in [0.717, 1.165) is 23.3 Å². The molecule has 0 radical (unpaired) electrons. The number of carbonyl (C=O) groups is 2. The lowest BCUT2D eigenvalue weighted by molar-refractivity contribution is -0.124. The number of hydrogen-bond donors (Lipinski definition) is 1. The Bertz CT molecular complexity index is 818. The number of nitrogens with one attached hydrogen (secondary N) is 1. The van der Waals surface area contributed by atoms with Gasteiger partial charge in [0.2, 0.25) is 0 Å². The second kappa shape index (κ2) is 7.91. The molecule has 0 saturated heterocycles. The first-order chi connectivity index (χ1) is 12.6. The molecule has 1 N–H and O–H groups in total. The summed E-state index contributed by atoms with van der Waals surface area (Å²) in [6, 6.07) is 12.3. The van der Waals surface area contributed by atoms with Crippen molar-refractivity contribution in [3.63, 3.8) is 0 Å². The summed E-state index contributed by atoms with van der Waals surface area (Å²) in [7, 11) is 1.58. The zero-order valence-corrected chi connectivity index (χ0v) is 14.8. The number of benzene rings is 2. The third-order valence-corrected chi connectivity index (χ3v) is 4.24. The molecule has 2 aromatic rings. The minimum atomic E-state index is -0.528. The first kappa shape index (κ1) is 17.8. The van der Waals surface area contributed by atoms with Gasteiger partial charge in [0, 0.05) is 12.0 Å². The first-order valence-electron chi connectivity index (χ1n) is 8.43. The number of hydrogen-bond acceptors (Lipinski definition) is 5. The van der Waals surface area contributed by atoms with Crippen LogP contribution in [0.5, 0.6) is 11.5 Å². The van der Waals surface area contributed by atoms with Crippen LogP contribution in [0.2, 0.25) is 0 Å². The second-order valence-electron chi connectivity index (χ2n) is 6.03. The zero-order chi connectivity index (χ0) is 18.5. The highest BCUT2D eigenvalue weighted by molar-refractivity contribution is 5.91. The molecule has 0 aliphatic carbocycles. The van der Waals surface area contributed by atoms with Crippen molar-refractivity contribution in [2.24, 2.45) is 0 Å². The van der Waals surface area contributed by atoms with Crippen LogP contribution in [0.1, 0.15) is 34.5 Å². The van der Waals surface area contributed by atoms with Gasteiger partial charge in [-0.25, -0.2) is 4.79 Å². The molecule has 26 heavy (non-hydrogen) atoms. The summed E-state index contributed by atoms with van der Waals surface area (Å²) in [4.78, 5) is 24.2. The molecule has 0 aromatic heterocycles. The van der Waals surface area contributed by atoms with E-state index in [-0.39, 0.29) is 18.6 Å². The third-order valence-electron chi connectivity index (χ3n) is 4.24. The molecule has 1 aliphatic rings. The predicted molar refractivity (Wildman–Crippen MR) is 95.5 cm³/mol. The molecule has 1 unspecified atom stereocenters. The smallest absolute Gasteiger partial charge is 0.338 e. The van der Waals surface area contributed by atoms with Gasteiger partial charge in [0.15, 0.2) is 6.61 Å². The summed E-state index contributed by atoms with van der Waals surface area (Å²) in [5, 5.41) is 2.80. The van der Waals surface area contributed by atoms with Crippen molar-refractivity contribution < 1.29 is 23.8 Å². The van der Waals surface area contributed by atoms with E-state index in [4.69, 9.17) is 14.2 Å². The van der Waals surface area contributed by atoms with Crippen molar-refractivity contribution in [1.29, 1.82) is 0 Å². The number of fused-ring (bicyclic) bond motifs is 1. The summed E-state index contributed by atoms with van der Waals surface area (Å²) in [5.74, 6) is 0.587. The average molecular weight is 355 g/mol. The van der Waals surface area contributed by atoms with Gasteiger partial charge in [0.05, 0.1) is 25.3 Å². The number of rotatable bonds is 6. The van der Waals surface area contributed by atoms with Gasteiger partial charge in [0.1, 0.15) is 11.5 Å². The quantitative estimate of drug-likeness (QED) is 0.807. The Balaban J connectivity index is 1.54. The van der Waals surface area contributed by atoms with Crippen LogP contribution in [-0.4, -0.2) is 32.2 Å². The number of amides is 1. The molecule has 1 aliphatic heterocycles. The highest BCUT2D eigenvalue weighted by Crippen LogP contribution is 2.26. The maximum atomic E-state index is 12.1. The van der Waals surface area contributed by atoms with Gasteiger partial charge >= 0.3 is 5.97 Å². The second-order valence-corrected chi connectivity index (χ2v) is 6.03. The van der Waals surface area contributed by atoms with Crippen molar-refractivity contribution in [3.05, 3.63) is 59.2 Å². The zero-order valence-electron chi connectivity index (χ0n) is 14.8. The van der Waals surface area contributed by atoms with E-state index in [1.165, 1.54) is 0 Å². The van der Waals surface area contributed by atoms with E-state index in [1.54, 1.807) is 25.3 Å². The first-order valence-corrected chi connectivity index (χ1v) is 8.43. The van der Waals surface area contributed by atoms with E-state index in [1.807, 2.05) is 31.2 Å². The fourth-order valence-corrected chi connectivity index (χ4v) is 2.91. The van der Waals surface area contributed by atoms with Gasteiger partial charge in [-0.2, -0.15) is 0 Å². The minimum Gasteiger partial charge on any atom is -0.496 e. The Morgan fingerprint density at radius 1 is 1.23 bits per heavy atom. The maximum Gasteiger partial charge on any atom is 0.338 e. The van der Waals surface area contributed by atoms with Gasteiger partial charge < -0.3 is 19.5 Å². The van der Waals surface area contributed by atoms with Crippen LogP contribution in [0.15, 0.2) is 42.5 Å². The highest BCUT2D eigenvalue weighted by atomic mass is 16.5. The predicted octanol–water partition coefficient (Wildman–Crippen LogP) is 2.66. The molecule has 6 nitrogen and oxygen atoms in total. The molecule has 6 heteroatoms. The Morgan fingerprint density at radius 3 is 2.85 bits per heavy atom. The molecule has 1 amide bonds. The van der Waals surface area contributed by atoms with Gasteiger partial charge in [-0.05, 0) is 36.8 Å². The molecule has 0 fully saturated rings. The van der Waals surface area contributed by atoms with Gasteiger partial charge in [-0.1, -0.05) is 18.2 Å². The lowest BCUT2D eigenvalue weighted by Crippen LogP contribution is -2.31. The number of esters is 1. The van der Waals surface area contributed by atoms with E-state index >= 15 is 0 Å². The molecule has 0 saturated carbocycles. The molecular formula is C20H21NO5. The monoisotopic (exact) mass is 355 g/mol. The van der Waals surface area contributed by atoms with Gasteiger partial charge in [0.25, 0.3) is 5.91 Å². The summed E-state index contributed by atoms with van der Waals surface area (Å²) in [6.07, 6.45) is 0.771. The summed E-state index contributed by atoms with van der Waals surface area (Å²) >= 11 is 0. The Morgan fingerprint density at radius 2 is 2.04 bits per heavy atom. The molecule has 136 valence electrons. The van der Waals surface area contributed by atoms with Crippen molar-refractivity contribution in [2.45, 2.75) is 19.4 Å². The number of ether oxygens (including phenoxy) is 3. The van der Waals surface area contributed by atoms with Crippen LogP contribution in [0.4, 0.5) is 0 Å². The number of carbonyl (C=O) groups excluding carboxylic acids is 2. The van der Waals surface area contributed by atoms with Crippen LogP contribution >= 0.6 is 0 Å².